The summed E-state index contributed by atoms with van der Waals surface area (Å²) < 4.78 is 11.0. The van der Waals surface area contributed by atoms with E-state index in [0.717, 1.165) is 12.0 Å². The largest absolute Gasteiger partial charge is 0.466 e. The average Bonchev–Trinajstić information content (AvgIpc) is 3.36. The molecular formula is C20H18O3. The Morgan fingerprint density at radius 1 is 1.09 bits per heavy atom. The molecule has 1 aliphatic carbocycles. The third-order valence-corrected chi connectivity index (χ3v) is 4.84. The quantitative estimate of drug-likeness (QED) is 0.643. The fourth-order valence-corrected chi connectivity index (χ4v) is 3.60. The molecule has 1 heterocycles. The Labute approximate surface area is 135 Å². The molecule has 1 saturated heterocycles. The molecule has 0 saturated carbocycles. The summed E-state index contributed by atoms with van der Waals surface area (Å²) in [6, 6.07) is 20.4. The normalized spacial score (nSPS) is 28.5. The van der Waals surface area contributed by atoms with E-state index in [1.807, 2.05) is 42.5 Å². The van der Waals surface area contributed by atoms with E-state index in [1.54, 1.807) is 0 Å². The first-order chi connectivity index (χ1) is 11.2. The Morgan fingerprint density at radius 3 is 2.39 bits per heavy atom. The van der Waals surface area contributed by atoms with Gasteiger partial charge in [0.25, 0.3) is 0 Å². The zero-order valence-electron chi connectivity index (χ0n) is 12.9. The molecule has 2 aromatic carbocycles. The molecule has 0 spiro atoms. The molecule has 1 aliphatic heterocycles. The molecule has 2 aromatic rings. The van der Waals surface area contributed by atoms with Gasteiger partial charge in [-0.3, -0.25) is 0 Å². The summed E-state index contributed by atoms with van der Waals surface area (Å²) in [6.07, 6.45) is 2.66. The Hall–Kier alpha value is -2.39. The van der Waals surface area contributed by atoms with Crippen molar-refractivity contribution in [1.82, 2.24) is 0 Å². The second kappa shape index (κ2) is 5.36. The van der Waals surface area contributed by atoms with Gasteiger partial charge in [-0.15, -0.1) is 0 Å². The second-order valence-corrected chi connectivity index (χ2v) is 6.07. The van der Waals surface area contributed by atoms with Crippen LogP contribution in [0.5, 0.6) is 0 Å². The first-order valence-corrected chi connectivity index (χ1v) is 7.83. The number of hydrogen-bond acceptors (Lipinski definition) is 3. The fraction of sp³-hybridized carbons (Fsp3) is 0.250. The van der Waals surface area contributed by atoms with Gasteiger partial charge in [-0.25, -0.2) is 4.79 Å². The van der Waals surface area contributed by atoms with Gasteiger partial charge in [-0.2, -0.15) is 0 Å². The van der Waals surface area contributed by atoms with Crippen LogP contribution in [0, 0.1) is 0 Å². The lowest BCUT2D eigenvalue weighted by Gasteiger charge is -2.27. The highest BCUT2D eigenvalue weighted by atomic mass is 16.6. The maximum Gasteiger partial charge on any atom is 0.334 e. The standard InChI is InChI=1S/C20H18O3/c1-22-19(21)16-12-18-20(23-18,15-10-6-3-7-11-15)13-17(16)14-8-4-2-5-9-14/h2-12,17-18H,13H2,1H3/t17-,18-,20-/m0/s1. The van der Waals surface area contributed by atoms with Crippen molar-refractivity contribution >= 4 is 5.97 Å². The Kier molecular flexibility index (Phi) is 3.31. The number of methoxy groups -OCH3 is 1. The van der Waals surface area contributed by atoms with Gasteiger partial charge in [-0.05, 0) is 23.6 Å². The number of rotatable bonds is 3. The van der Waals surface area contributed by atoms with Gasteiger partial charge in [0.1, 0.15) is 11.7 Å². The lowest BCUT2D eigenvalue weighted by atomic mass is 9.75. The molecule has 1 fully saturated rings. The molecule has 0 amide bonds. The zero-order chi connectivity index (χ0) is 15.9. The predicted octanol–water partition coefficient (Wildman–Crippen LogP) is 3.57. The van der Waals surface area contributed by atoms with Gasteiger partial charge in [0.05, 0.1) is 7.11 Å². The van der Waals surface area contributed by atoms with Crippen molar-refractivity contribution in [3.63, 3.8) is 0 Å². The van der Waals surface area contributed by atoms with E-state index >= 15 is 0 Å². The topological polar surface area (TPSA) is 38.8 Å². The van der Waals surface area contributed by atoms with Gasteiger partial charge in [0, 0.05) is 11.5 Å². The van der Waals surface area contributed by atoms with E-state index < -0.39 is 0 Å². The molecule has 3 heteroatoms. The number of carbonyl (C=O) groups excluding carboxylic acids is 1. The highest BCUT2D eigenvalue weighted by Gasteiger charge is 2.60. The zero-order valence-corrected chi connectivity index (χ0v) is 12.9. The van der Waals surface area contributed by atoms with Crippen LogP contribution in [0.1, 0.15) is 23.5 Å². The number of carbonyl (C=O) groups is 1. The first-order valence-electron chi connectivity index (χ1n) is 7.83. The molecule has 0 bridgehead atoms. The SMILES string of the molecule is COC(=O)C1=C[C@@H]2O[C@]2(c2ccccc2)C[C@H]1c1ccccc1. The molecule has 23 heavy (non-hydrogen) atoms. The molecule has 2 aliphatic rings. The average molecular weight is 306 g/mol. The van der Waals surface area contributed by atoms with E-state index in [1.165, 1.54) is 12.7 Å². The summed E-state index contributed by atoms with van der Waals surface area (Å²) in [4.78, 5) is 12.2. The maximum atomic E-state index is 12.2. The first kappa shape index (κ1) is 14.2. The molecule has 0 radical (unpaired) electrons. The number of fused-ring (bicyclic) bond motifs is 1. The van der Waals surface area contributed by atoms with Crippen molar-refractivity contribution in [3.05, 3.63) is 83.4 Å². The minimum atomic E-state index is -0.306. The highest BCUT2D eigenvalue weighted by Crippen LogP contribution is 2.58. The van der Waals surface area contributed by atoms with Crippen LogP contribution < -0.4 is 0 Å². The Balaban J connectivity index is 1.76. The summed E-state index contributed by atoms with van der Waals surface area (Å²) >= 11 is 0. The van der Waals surface area contributed by atoms with Crippen molar-refractivity contribution in [2.45, 2.75) is 24.0 Å². The highest BCUT2D eigenvalue weighted by molar-refractivity contribution is 5.91. The van der Waals surface area contributed by atoms with E-state index in [9.17, 15) is 4.79 Å². The summed E-state index contributed by atoms with van der Waals surface area (Å²) in [6.45, 7) is 0. The minimum absolute atomic E-state index is 0.0115. The number of benzene rings is 2. The Morgan fingerprint density at radius 2 is 1.74 bits per heavy atom. The molecular weight excluding hydrogens is 288 g/mol. The number of ether oxygens (including phenoxy) is 2. The predicted molar refractivity (Wildman–Crippen MR) is 86.9 cm³/mol. The molecule has 0 N–H and O–H groups in total. The van der Waals surface area contributed by atoms with Gasteiger partial charge >= 0.3 is 5.97 Å². The molecule has 3 atom stereocenters. The van der Waals surface area contributed by atoms with Gasteiger partial charge < -0.3 is 9.47 Å². The fourth-order valence-electron chi connectivity index (χ4n) is 3.60. The summed E-state index contributed by atoms with van der Waals surface area (Å²) in [5.41, 5.74) is 2.69. The van der Waals surface area contributed by atoms with Gasteiger partial charge in [0.2, 0.25) is 0 Å². The minimum Gasteiger partial charge on any atom is -0.466 e. The summed E-state index contributed by atoms with van der Waals surface area (Å²) in [5, 5.41) is 0. The van der Waals surface area contributed by atoms with Crippen molar-refractivity contribution in [1.29, 1.82) is 0 Å². The van der Waals surface area contributed by atoms with Crippen LogP contribution in [0.3, 0.4) is 0 Å². The van der Waals surface area contributed by atoms with Crippen molar-refractivity contribution in [2.24, 2.45) is 0 Å². The van der Waals surface area contributed by atoms with Crippen LogP contribution in [-0.4, -0.2) is 19.2 Å². The number of epoxide rings is 1. The van der Waals surface area contributed by atoms with Crippen LogP contribution in [0.4, 0.5) is 0 Å². The monoisotopic (exact) mass is 306 g/mol. The van der Waals surface area contributed by atoms with Crippen LogP contribution in [0.15, 0.2) is 72.3 Å². The lowest BCUT2D eigenvalue weighted by Crippen LogP contribution is -2.26. The van der Waals surface area contributed by atoms with E-state index in [4.69, 9.17) is 9.47 Å². The molecule has 0 unspecified atom stereocenters. The molecule has 4 rings (SSSR count). The summed E-state index contributed by atoms with van der Waals surface area (Å²) in [5.74, 6) is -0.279. The van der Waals surface area contributed by atoms with E-state index in [0.29, 0.717) is 5.57 Å². The molecule has 116 valence electrons. The summed E-state index contributed by atoms with van der Waals surface area (Å²) in [7, 11) is 1.43. The van der Waals surface area contributed by atoms with E-state index in [-0.39, 0.29) is 23.6 Å². The Bertz CT molecular complexity index is 751. The molecule has 3 nitrogen and oxygen atoms in total. The second-order valence-electron chi connectivity index (χ2n) is 6.07. The lowest BCUT2D eigenvalue weighted by molar-refractivity contribution is -0.136. The van der Waals surface area contributed by atoms with Crippen LogP contribution >= 0.6 is 0 Å². The van der Waals surface area contributed by atoms with Crippen molar-refractivity contribution in [2.75, 3.05) is 7.11 Å². The van der Waals surface area contributed by atoms with Crippen molar-refractivity contribution < 1.29 is 14.3 Å². The smallest absolute Gasteiger partial charge is 0.334 e. The number of hydrogen-bond donors (Lipinski definition) is 0. The third-order valence-electron chi connectivity index (χ3n) is 4.84. The maximum absolute atomic E-state index is 12.2. The van der Waals surface area contributed by atoms with E-state index in [2.05, 4.69) is 24.3 Å². The van der Waals surface area contributed by atoms with Crippen molar-refractivity contribution in [3.8, 4) is 0 Å². The molecule has 0 aromatic heterocycles. The van der Waals surface area contributed by atoms with Crippen LogP contribution in [0.25, 0.3) is 0 Å². The van der Waals surface area contributed by atoms with Gasteiger partial charge in [-0.1, -0.05) is 60.7 Å². The third kappa shape index (κ3) is 2.28. The van der Waals surface area contributed by atoms with Gasteiger partial charge in [0.15, 0.2) is 0 Å². The number of esters is 1. The van der Waals surface area contributed by atoms with Crippen LogP contribution in [-0.2, 0) is 19.9 Å². The van der Waals surface area contributed by atoms with Crippen LogP contribution in [0.2, 0.25) is 0 Å².